The quantitative estimate of drug-likeness (QED) is 0.758. The highest BCUT2D eigenvalue weighted by molar-refractivity contribution is 7.91. The number of sulfone groups is 1. The van der Waals surface area contributed by atoms with E-state index in [1.165, 1.54) is 5.56 Å². The Morgan fingerprint density at radius 3 is 2.38 bits per heavy atom. The zero-order valence-corrected chi connectivity index (χ0v) is 16.6. The Labute approximate surface area is 159 Å². The molecule has 1 saturated heterocycles. The first-order valence-electron chi connectivity index (χ1n) is 8.75. The average Bonchev–Trinajstić information content (AvgIpc) is 3.14. The fourth-order valence-corrected chi connectivity index (χ4v) is 4.93. The topological polar surface area (TPSA) is 57.7 Å². The largest absolute Gasteiger partial charge is 0.340 e. The monoisotopic (exact) mass is 392 g/mol. The fraction of sp³-hybridized carbons (Fsp3) is 0.421. The summed E-state index contributed by atoms with van der Waals surface area (Å²) in [5.41, 5.74) is 2.32. The summed E-state index contributed by atoms with van der Waals surface area (Å²) in [4.78, 5) is 16.8. The Kier molecular flexibility index (Phi) is 6.11. The van der Waals surface area contributed by atoms with E-state index in [0.717, 1.165) is 25.2 Å². The summed E-state index contributed by atoms with van der Waals surface area (Å²) in [6, 6.07) is 8.90. The van der Waals surface area contributed by atoms with Crippen LogP contribution >= 0.6 is 11.3 Å². The molecule has 140 valence electrons. The van der Waals surface area contributed by atoms with Crippen LogP contribution in [0.1, 0.15) is 17.5 Å². The summed E-state index contributed by atoms with van der Waals surface area (Å²) in [6.07, 6.45) is 0.0424. The molecule has 2 aromatic rings. The molecule has 7 heteroatoms. The summed E-state index contributed by atoms with van der Waals surface area (Å²) in [5, 5.41) is 4.22. The molecule has 0 bridgehead atoms. The van der Waals surface area contributed by atoms with Crippen LogP contribution in [0, 0.1) is 6.92 Å². The van der Waals surface area contributed by atoms with Gasteiger partial charge in [-0.05, 0) is 41.4 Å². The lowest BCUT2D eigenvalue weighted by molar-refractivity contribution is -0.132. The van der Waals surface area contributed by atoms with Gasteiger partial charge < -0.3 is 4.90 Å². The van der Waals surface area contributed by atoms with Gasteiger partial charge in [0.1, 0.15) is 0 Å². The number of thiophene rings is 1. The third-order valence-corrected chi connectivity index (χ3v) is 7.14. The molecule has 0 N–H and O–H groups in total. The number of amides is 1. The molecule has 1 aliphatic heterocycles. The molecule has 1 amide bonds. The van der Waals surface area contributed by atoms with Crippen molar-refractivity contribution in [2.24, 2.45) is 0 Å². The van der Waals surface area contributed by atoms with Gasteiger partial charge in [0.05, 0.1) is 10.6 Å². The summed E-state index contributed by atoms with van der Waals surface area (Å²) in [5.74, 6) is -0.208. The number of aryl methyl sites for hydroxylation is 1. The third kappa shape index (κ3) is 4.93. The number of carbonyl (C=O) groups is 1. The highest BCUT2D eigenvalue weighted by Gasteiger charge is 2.23. The standard InChI is InChI=1S/C19H24N2O3S2/c1-16-2-4-18(5-3-16)26(23,24)13-7-19(22)21-10-8-20(9-11-21)14-17-6-12-25-15-17/h2-6,12,15H,7-11,13-14H2,1H3. The van der Waals surface area contributed by atoms with Crippen LogP contribution in [-0.2, 0) is 21.2 Å². The van der Waals surface area contributed by atoms with Crippen LogP contribution in [0.4, 0.5) is 0 Å². The maximum absolute atomic E-state index is 12.4. The Bertz CT molecular complexity index is 822. The lowest BCUT2D eigenvalue weighted by atomic mass is 10.2. The van der Waals surface area contributed by atoms with Gasteiger partial charge >= 0.3 is 0 Å². The number of carbonyl (C=O) groups excluding carboxylic acids is 1. The van der Waals surface area contributed by atoms with Crippen molar-refractivity contribution in [1.29, 1.82) is 0 Å². The van der Waals surface area contributed by atoms with Gasteiger partial charge in [-0.3, -0.25) is 9.69 Å². The van der Waals surface area contributed by atoms with Crippen molar-refractivity contribution in [3.05, 3.63) is 52.2 Å². The maximum atomic E-state index is 12.4. The maximum Gasteiger partial charge on any atom is 0.223 e. The van der Waals surface area contributed by atoms with E-state index in [0.29, 0.717) is 13.1 Å². The Morgan fingerprint density at radius 2 is 1.77 bits per heavy atom. The minimum atomic E-state index is -3.41. The molecule has 0 radical (unpaired) electrons. The minimum Gasteiger partial charge on any atom is -0.340 e. The van der Waals surface area contributed by atoms with Gasteiger partial charge in [0.15, 0.2) is 9.84 Å². The highest BCUT2D eigenvalue weighted by Crippen LogP contribution is 2.15. The molecule has 0 atom stereocenters. The van der Waals surface area contributed by atoms with Gasteiger partial charge in [-0.1, -0.05) is 17.7 Å². The first-order valence-corrected chi connectivity index (χ1v) is 11.3. The molecule has 0 aliphatic carbocycles. The van der Waals surface area contributed by atoms with Crippen LogP contribution in [0.5, 0.6) is 0 Å². The molecule has 2 heterocycles. The van der Waals surface area contributed by atoms with Crippen molar-refractivity contribution in [3.63, 3.8) is 0 Å². The summed E-state index contributed by atoms with van der Waals surface area (Å²) in [6.45, 7) is 5.80. The Morgan fingerprint density at radius 1 is 1.08 bits per heavy atom. The van der Waals surface area contributed by atoms with Gasteiger partial charge in [0.2, 0.25) is 5.91 Å². The van der Waals surface area contributed by atoms with E-state index in [2.05, 4.69) is 21.7 Å². The van der Waals surface area contributed by atoms with Crippen molar-refractivity contribution in [2.45, 2.75) is 24.8 Å². The number of hydrogen-bond donors (Lipinski definition) is 0. The lowest BCUT2D eigenvalue weighted by Crippen LogP contribution is -2.48. The number of nitrogens with zero attached hydrogens (tertiary/aromatic N) is 2. The van der Waals surface area contributed by atoms with Crippen LogP contribution in [0.25, 0.3) is 0 Å². The van der Waals surface area contributed by atoms with Crippen molar-refractivity contribution in [2.75, 3.05) is 31.9 Å². The molecule has 0 spiro atoms. The molecular weight excluding hydrogens is 368 g/mol. The normalized spacial score (nSPS) is 16.0. The highest BCUT2D eigenvalue weighted by atomic mass is 32.2. The minimum absolute atomic E-state index is 0.0424. The van der Waals surface area contributed by atoms with E-state index in [1.54, 1.807) is 40.5 Å². The Balaban J connectivity index is 1.47. The number of hydrogen-bond acceptors (Lipinski definition) is 5. The van der Waals surface area contributed by atoms with E-state index in [-0.39, 0.29) is 23.0 Å². The van der Waals surface area contributed by atoms with Crippen molar-refractivity contribution in [1.82, 2.24) is 9.80 Å². The molecule has 1 aromatic carbocycles. The molecule has 1 fully saturated rings. The number of piperazine rings is 1. The molecule has 0 unspecified atom stereocenters. The van der Waals surface area contributed by atoms with Crippen molar-refractivity contribution in [3.8, 4) is 0 Å². The molecule has 3 rings (SSSR count). The van der Waals surface area contributed by atoms with Gasteiger partial charge in [-0.2, -0.15) is 11.3 Å². The van der Waals surface area contributed by atoms with E-state index >= 15 is 0 Å². The third-order valence-electron chi connectivity index (χ3n) is 4.68. The van der Waals surface area contributed by atoms with Crippen molar-refractivity contribution >= 4 is 27.1 Å². The molecule has 5 nitrogen and oxygen atoms in total. The predicted octanol–water partition coefficient (Wildman–Crippen LogP) is 2.56. The summed E-state index contributed by atoms with van der Waals surface area (Å²) < 4.78 is 24.8. The zero-order valence-electron chi connectivity index (χ0n) is 14.9. The van der Waals surface area contributed by atoms with Crippen molar-refractivity contribution < 1.29 is 13.2 Å². The summed E-state index contributed by atoms with van der Waals surface area (Å²) >= 11 is 1.69. The SMILES string of the molecule is Cc1ccc(S(=O)(=O)CCC(=O)N2CCN(Cc3ccsc3)CC2)cc1. The number of benzene rings is 1. The van der Waals surface area contributed by atoms with E-state index < -0.39 is 9.84 Å². The van der Waals surface area contributed by atoms with Crippen LogP contribution in [0.3, 0.4) is 0 Å². The first-order chi connectivity index (χ1) is 12.4. The van der Waals surface area contributed by atoms with E-state index in [1.807, 2.05) is 6.92 Å². The molecule has 26 heavy (non-hydrogen) atoms. The molecule has 1 aliphatic rings. The molecule has 1 aromatic heterocycles. The van der Waals surface area contributed by atoms with Crippen LogP contribution in [0.15, 0.2) is 46.0 Å². The average molecular weight is 393 g/mol. The fourth-order valence-electron chi connectivity index (χ4n) is 3.04. The van der Waals surface area contributed by atoms with Gasteiger partial charge in [-0.25, -0.2) is 8.42 Å². The second kappa shape index (κ2) is 8.33. The van der Waals surface area contributed by atoms with Crippen LogP contribution in [-0.4, -0.2) is 56.1 Å². The van der Waals surface area contributed by atoms with E-state index in [9.17, 15) is 13.2 Å². The van der Waals surface area contributed by atoms with Crippen LogP contribution in [0.2, 0.25) is 0 Å². The first kappa shape index (κ1) is 19.1. The number of rotatable bonds is 6. The zero-order chi connectivity index (χ0) is 18.6. The lowest BCUT2D eigenvalue weighted by Gasteiger charge is -2.34. The van der Waals surface area contributed by atoms with Gasteiger partial charge in [0, 0.05) is 39.1 Å². The predicted molar refractivity (Wildman–Crippen MR) is 104 cm³/mol. The van der Waals surface area contributed by atoms with E-state index in [4.69, 9.17) is 0 Å². The van der Waals surface area contributed by atoms with Crippen LogP contribution < -0.4 is 0 Å². The second-order valence-corrected chi connectivity index (χ2v) is 9.56. The second-order valence-electron chi connectivity index (χ2n) is 6.67. The smallest absolute Gasteiger partial charge is 0.223 e. The molecule has 0 saturated carbocycles. The molecular formula is C19H24N2O3S2. The Hall–Kier alpha value is -1.70. The van der Waals surface area contributed by atoms with Gasteiger partial charge in [-0.15, -0.1) is 0 Å². The summed E-state index contributed by atoms with van der Waals surface area (Å²) in [7, 11) is -3.41. The van der Waals surface area contributed by atoms with Gasteiger partial charge in [0.25, 0.3) is 0 Å².